The normalized spacial score (nSPS) is 24.2. The second kappa shape index (κ2) is 6.59. The lowest BCUT2D eigenvalue weighted by Crippen LogP contribution is -2.46. The second-order valence-electron chi connectivity index (χ2n) is 4.60. The summed E-state index contributed by atoms with van der Waals surface area (Å²) in [6.45, 7) is 5.64. The molecule has 0 aliphatic carbocycles. The maximum atomic E-state index is 12.2. The molecule has 2 atom stereocenters. The van der Waals surface area contributed by atoms with Gasteiger partial charge in [0.25, 0.3) is 0 Å². The van der Waals surface area contributed by atoms with E-state index in [4.69, 9.17) is 0 Å². The molecule has 5 heteroatoms. The van der Waals surface area contributed by atoms with E-state index in [0.29, 0.717) is 12.6 Å². The molecule has 1 fully saturated rings. The van der Waals surface area contributed by atoms with Gasteiger partial charge in [-0.25, -0.2) is 0 Å². The highest BCUT2D eigenvalue weighted by atomic mass is 16.2. The van der Waals surface area contributed by atoms with Crippen LogP contribution in [0.5, 0.6) is 0 Å². The molecule has 1 rings (SSSR count). The first kappa shape index (κ1) is 14.0. The highest BCUT2D eigenvalue weighted by molar-refractivity contribution is 5.85. The molecule has 2 unspecified atom stereocenters. The quantitative estimate of drug-likeness (QED) is 0.726. The number of rotatable bonds is 4. The summed E-state index contributed by atoms with van der Waals surface area (Å²) in [5.74, 6) is 0.0717. The molecule has 0 radical (unpaired) electrons. The van der Waals surface area contributed by atoms with Crippen molar-refractivity contribution in [1.29, 1.82) is 0 Å². The SMILES string of the molecule is CCN(CC(=O)NC)C(=O)C1CCNC(C)C1. The first-order valence-electron chi connectivity index (χ1n) is 6.31. The lowest BCUT2D eigenvalue weighted by atomic mass is 9.92. The summed E-state index contributed by atoms with van der Waals surface area (Å²) in [4.78, 5) is 25.2. The van der Waals surface area contributed by atoms with E-state index in [1.54, 1.807) is 11.9 Å². The van der Waals surface area contributed by atoms with Gasteiger partial charge in [0, 0.05) is 25.6 Å². The fourth-order valence-electron chi connectivity index (χ4n) is 2.21. The van der Waals surface area contributed by atoms with Gasteiger partial charge in [-0.05, 0) is 33.2 Å². The van der Waals surface area contributed by atoms with Crippen molar-refractivity contribution in [3.05, 3.63) is 0 Å². The molecule has 1 heterocycles. The molecule has 0 spiro atoms. The Balaban J connectivity index is 2.55. The Morgan fingerprint density at radius 3 is 2.71 bits per heavy atom. The molecule has 0 bridgehead atoms. The first-order chi connectivity index (χ1) is 8.08. The number of hydrogen-bond acceptors (Lipinski definition) is 3. The number of nitrogens with one attached hydrogen (secondary N) is 2. The lowest BCUT2D eigenvalue weighted by molar-refractivity contribution is -0.140. The Morgan fingerprint density at radius 2 is 2.18 bits per heavy atom. The van der Waals surface area contributed by atoms with Gasteiger partial charge in [0.05, 0.1) is 6.54 Å². The van der Waals surface area contributed by atoms with Gasteiger partial charge >= 0.3 is 0 Å². The van der Waals surface area contributed by atoms with Crippen LogP contribution in [0.25, 0.3) is 0 Å². The van der Waals surface area contributed by atoms with E-state index in [1.807, 2.05) is 6.92 Å². The average molecular weight is 241 g/mol. The zero-order valence-corrected chi connectivity index (χ0v) is 11.0. The number of carbonyl (C=O) groups is 2. The highest BCUT2D eigenvalue weighted by Crippen LogP contribution is 2.18. The summed E-state index contributed by atoms with van der Waals surface area (Å²) in [6.07, 6.45) is 1.73. The van der Waals surface area contributed by atoms with E-state index in [9.17, 15) is 9.59 Å². The van der Waals surface area contributed by atoms with E-state index in [0.717, 1.165) is 19.4 Å². The van der Waals surface area contributed by atoms with Crippen LogP contribution in [-0.4, -0.2) is 49.4 Å². The van der Waals surface area contributed by atoms with Crippen molar-refractivity contribution >= 4 is 11.8 Å². The van der Waals surface area contributed by atoms with Gasteiger partial charge in [0.2, 0.25) is 11.8 Å². The number of piperidine rings is 1. The minimum Gasteiger partial charge on any atom is -0.358 e. The largest absolute Gasteiger partial charge is 0.358 e. The zero-order valence-electron chi connectivity index (χ0n) is 11.0. The van der Waals surface area contributed by atoms with E-state index >= 15 is 0 Å². The summed E-state index contributed by atoms with van der Waals surface area (Å²) in [7, 11) is 1.59. The molecule has 0 saturated carbocycles. The smallest absolute Gasteiger partial charge is 0.239 e. The Morgan fingerprint density at radius 1 is 1.47 bits per heavy atom. The molecule has 1 aliphatic rings. The number of carbonyl (C=O) groups excluding carboxylic acids is 2. The molecule has 0 aromatic rings. The molecule has 1 saturated heterocycles. The fourth-order valence-corrected chi connectivity index (χ4v) is 2.21. The molecule has 2 amide bonds. The van der Waals surface area contributed by atoms with E-state index in [1.165, 1.54) is 0 Å². The third-order valence-corrected chi connectivity index (χ3v) is 3.28. The third-order valence-electron chi connectivity index (χ3n) is 3.28. The Kier molecular flexibility index (Phi) is 5.41. The van der Waals surface area contributed by atoms with Gasteiger partial charge in [0.15, 0.2) is 0 Å². The first-order valence-corrected chi connectivity index (χ1v) is 6.31. The van der Waals surface area contributed by atoms with Crippen molar-refractivity contribution in [3.8, 4) is 0 Å². The van der Waals surface area contributed by atoms with Crippen molar-refractivity contribution in [3.63, 3.8) is 0 Å². The van der Waals surface area contributed by atoms with Crippen molar-refractivity contribution in [2.24, 2.45) is 5.92 Å². The third kappa shape index (κ3) is 4.00. The van der Waals surface area contributed by atoms with E-state index < -0.39 is 0 Å². The predicted molar refractivity (Wildman–Crippen MR) is 66.5 cm³/mol. The van der Waals surface area contributed by atoms with E-state index in [-0.39, 0.29) is 24.3 Å². The van der Waals surface area contributed by atoms with Gasteiger partial charge in [-0.1, -0.05) is 0 Å². The monoisotopic (exact) mass is 241 g/mol. The molecular weight excluding hydrogens is 218 g/mol. The number of amides is 2. The van der Waals surface area contributed by atoms with Gasteiger partial charge < -0.3 is 15.5 Å². The maximum Gasteiger partial charge on any atom is 0.239 e. The van der Waals surface area contributed by atoms with E-state index in [2.05, 4.69) is 17.6 Å². The molecule has 0 aromatic carbocycles. The number of nitrogens with zero attached hydrogens (tertiary/aromatic N) is 1. The fraction of sp³-hybridized carbons (Fsp3) is 0.833. The van der Waals surface area contributed by atoms with Crippen LogP contribution >= 0.6 is 0 Å². The average Bonchev–Trinajstić information content (AvgIpc) is 2.34. The highest BCUT2D eigenvalue weighted by Gasteiger charge is 2.28. The molecule has 17 heavy (non-hydrogen) atoms. The van der Waals surface area contributed by atoms with Gasteiger partial charge in [-0.3, -0.25) is 9.59 Å². The summed E-state index contributed by atoms with van der Waals surface area (Å²) in [5.41, 5.74) is 0. The van der Waals surface area contributed by atoms with Gasteiger partial charge in [0.1, 0.15) is 0 Å². The van der Waals surface area contributed by atoms with Crippen LogP contribution in [0, 0.1) is 5.92 Å². The van der Waals surface area contributed by atoms with Crippen molar-refractivity contribution in [1.82, 2.24) is 15.5 Å². The molecule has 1 aliphatic heterocycles. The van der Waals surface area contributed by atoms with Crippen LogP contribution in [0.1, 0.15) is 26.7 Å². The van der Waals surface area contributed by atoms with Crippen molar-refractivity contribution in [2.45, 2.75) is 32.7 Å². The Bertz CT molecular complexity index is 281. The zero-order chi connectivity index (χ0) is 12.8. The summed E-state index contributed by atoms with van der Waals surface area (Å²) < 4.78 is 0. The van der Waals surface area contributed by atoms with Gasteiger partial charge in [-0.2, -0.15) is 0 Å². The number of likely N-dealkylation sites (N-methyl/N-ethyl adjacent to an activating group) is 2. The van der Waals surface area contributed by atoms with Gasteiger partial charge in [-0.15, -0.1) is 0 Å². The Hall–Kier alpha value is -1.10. The summed E-state index contributed by atoms with van der Waals surface area (Å²) >= 11 is 0. The molecule has 5 nitrogen and oxygen atoms in total. The maximum absolute atomic E-state index is 12.2. The summed E-state index contributed by atoms with van der Waals surface area (Å²) in [6, 6.07) is 0.386. The second-order valence-corrected chi connectivity index (χ2v) is 4.60. The Labute approximate surface area is 103 Å². The van der Waals surface area contributed by atoms with Crippen LogP contribution in [0.2, 0.25) is 0 Å². The van der Waals surface area contributed by atoms with Crippen LogP contribution in [0.15, 0.2) is 0 Å². The minimum atomic E-state index is -0.109. The van der Waals surface area contributed by atoms with Crippen LogP contribution in [0.4, 0.5) is 0 Å². The minimum absolute atomic E-state index is 0.0656. The van der Waals surface area contributed by atoms with Crippen LogP contribution in [0.3, 0.4) is 0 Å². The van der Waals surface area contributed by atoms with Crippen LogP contribution in [-0.2, 0) is 9.59 Å². The topological polar surface area (TPSA) is 61.4 Å². The molecule has 2 N–H and O–H groups in total. The number of hydrogen-bond donors (Lipinski definition) is 2. The summed E-state index contributed by atoms with van der Waals surface area (Å²) in [5, 5.41) is 5.88. The van der Waals surface area contributed by atoms with Crippen molar-refractivity contribution < 1.29 is 9.59 Å². The standard InChI is InChI=1S/C12H23N3O2/c1-4-15(8-11(16)13-3)12(17)10-5-6-14-9(2)7-10/h9-10,14H,4-8H2,1-3H3,(H,13,16). The predicted octanol–water partition coefficient (Wildman–Crippen LogP) is -0.0310. The van der Waals surface area contributed by atoms with Crippen molar-refractivity contribution in [2.75, 3.05) is 26.7 Å². The van der Waals surface area contributed by atoms with Crippen LogP contribution < -0.4 is 10.6 Å². The lowest BCUT2D eigenvalue weighted by Gasteiger charge is -2.31. The molecule has 98 valence electrons. The molecular formula is C12H23N3O2. The molecule has 0 aromatic heterocycles.